The van der Waals surface area contributed by atoms with E-state index in [-0.39, 0.29) is 12.2 Å². The lowest BCUT2D eigenvalue weighted by molar-refractivity contribution is -0.106. The lowest BCUT2D eigenvalue weighted by atomic mass is 10.0. The first-order valence-electron chi connectivity index (χ1n) is 6.82. The molecule has 0 spiro atoms. The van der Waals surface area contributed by atoms with Gasteiger partial charge in [0.15, 0.2) is 0 Å². The van der Waals surface area contributed by atoms with Crippen LogP contribution in [0.4, 0.5) is 4.39 Å². The third kappa shape index (κ3) is 6.17. The highest BCUT2D eigenvalue weighted by Gasteiger charge is 2.09. The predicted octanol–water partition coefficient (Wildman–Crippen LogP) is 3.37. The normalized spacial score (nSPS) is 11.5. The van der Waals surface area contributed by atoms with E-state index in [0.29, 0.717) is 11.5 Å². The SMILES string of the molecule is N/N=C(\C(=C\c1ccc(F)cc1)CS)c1ccc(Br)cc1.NC=O. The van der Waals surface area contributed by atoms with Crippen molar-refractivity contribution in [3.05, 3.63) is 75.5 Å². The number of carbonyl (C=O) groups excluding carboxylic acids is 1. The highest BCUT2D eigenvalue weighted by molar-refractivity contribution is 9.10. The first kappa shape index (κ1) is 19.9. The van der Waals surface area contributed by atoms with Crippen molar-refractivity contribution in [3.63, 3.8) is 0 Å². The van der Waals surface area contributed by atoms with E-state index in [1.165, 1.54) is 12.1 Å². The van der Waals surface area contributed by atoms with E-state index in [0.717, 1.165) is 21.2 Å². The van der Waals surface area contributed by atoms with Crippen LogP contribution in [-0.2, 0) is 4.79 Å². The molecule has 0 saturated heterocycles. The molecule has 126 valence electrons. The molecule has 0 unspecified atom stereocenters. The molecule has 2 aromatic rings. The van der Waals surface area contributed by atoms with Crippen LogP contribution in [0.1, 0.15) is 11.1 Å². The number of carbonyl (C=O) groups is 1. The van der Waals surface area contributed by atoms with Crippen molar-refractivity contribution in [3.8, 4) is 0 Å². The Hall–Kier alpha value is -2.12. The van der Waals surface area contributed by atoms with Gasteiger partial charge in [0.1, 0.15) is 5.82 Å². The smallest absolute Gasteiger partial charge is 0.204 e. The third-order valence-corrected chi connectivity index (χ3v) is 3.80. The molecule has 1 amide bonds. The minimum atomic E-state index is -0.264. The average molecular weight is 410 g/mol. The van der Waals surface area contributed by atoms with E-state index < -0.39 is 0 Å². The summed E-state index contributed by atoms with van der Waals surface area (Å²) < 4.78 is 13.9. The van der Waals surface area contributed by atoms with Gasteiger partial charge in [0.05, 0.1) is 5.71 Å². The molecule has 0 aliphatic carbocycles. The summed E-state index contributed by atoms with van der Waals surface area (Å²) in [5.41, 5.74) is 7.48. The second kappa shape index (κ2) is 10.6. The van der Waals surface area contributed by atoms with Crippen molar-refractivity contribution in [2.45, 2.75) is 0 Å². The Labute approximate surface area is 154 Å². The number of benzene rings is 2. The summed E-state index contributed by atoms with van der Waals surface area (Å²) in [6.07, 6.45) is 2.15. The van der Waals surface area contributed by atoms with E-state index in [9.17, 15) is 4.39 Å². The Morgan fingerprint density at radius 3 is 2.17 bits per heavy atom. The topological polar surface area (TPSA) is 81.5 Å². The third-order valence-electron chi connectivity index (χ3n) is 2.93. The van der Waals surface area contributed by atoms with Gasteiger partial charge in [0.2, 0.25) is 6.41 Å². The van der Waals surface area contributed by atoms with Gasteiger partial charge in [-0.1, -0.05) is 40.2 Å². The molecule has 7 heteroatoms. The minimum Gasteiger partial charge on any atom is -0.372 e. The fourth-order valence-electron chi connectivity index (χ4n) is 1.90. The molecule has 4 N–H and O–H groups in total. The summed E-state index contributed by atoms with van der Waals surface area (Å²) in [7, 11) is 0. The van der Waals surface area contributed by atoms with Crippen molar-refractivity contribution in [1.82, 2.24) is 0 Å². The number of hydrazone groups is 1. The van der Waals surface area contributed by atoms with Gasteiger partial charge < -0.3 is 11.6 Å². The maximum Gasteiger partial charge on any atom is 0.204 e. The minimum absolute atomic E-state index is 0.250. The van der Waals surface area contributed by atoms with Crippen LogP contribution in [-0.4, -0.2) is 17.9 Å². The summed E-state index contributed by atoms with van der Waals surface area (Å²) in [4.78, 5) is 8.58. The Bertz CT molecular complexity index is 716. The number of amides is 1. The maximum absolute atomic E-state index is 12.9. The average Bonchev–Trinajstić information content (AvgIpc) is 2.58. The molecule has 0 bridgehead atoms. The number of hydrogen-bond acceptors (Lipinski definition) is 4. The van der Waals surface area contributed by atoms with Crippen LogP contribution in [0.5, 0.6) is 0 Å². The zero-order valence-corrected chi connectivity index (χ0v) is 15.2. The number of halogens is 2. The molecule has 0 aromatic heterocycles. The monoisotopic (exact) mass is 409 g/mol. The molecule has 0 heterocycles. The van der Waals surface area contributed by atoms with E-state index in [2.05, 4.69) is 39.4 Å². The second-order valence-electron chi connectivity index (χ2n) is 4.50. The Balaban J connectivity index is 0.000000891. The van der Waals surface area contributed by atoms with Gasteiger partial charge in [0, 0.05) is 15.8 Å². The number of hydrogen-bond donors (Lipinski definition) is 3. The van der Waals surface area contributed by atoms with Crippen LogP contribution < -0.4 is 11.6 Å². The zero-order chi connectivity index (χ0) is 17.9. The summed E-state index contributed by atoms with van der Waals surface area (Å²) in [6, 6.07) is 13.9. The molecule has 0 saturated carbocycles. The highest BCUT2D eigenvalue weighted by Crippen LogP contribution is 2.17. The predicted molar refractivity (Wildman–Crippen MR) is 103 cm³/mol. The molecular formula is C17H17BrFN3OS. The Morgan fingerprint density at radius 1 is 1.17 bits per heavy atom. The van der Waals surface area contributed by atoms with Gasteiger partial charge in [0.25, 0.3) is 0 Å². The summed E-state index contributed by atoms with van der Waals surface area (Å²) in [6.45, 7) is 0. The van der Waals surface area contributed by atoms with Crippen LogP contribution in [0, 0.1) is 5.82 Å². The Kier molecular flexibility index (Phi) is 8.81. The van der Waals surface area contributed by atoms with Crippen molar-refractivity contribution in [1.29, 1.82) is 0 Å². The van der Waals surface area contributed by atoms with Crippen LogP contribution in [0.3, 0.4) is 0 Å². The molecule has 4 nitrogen and oxygen atoms in total. The van der Waals surface area contributed by atoms with Crippen LogP contribution in [0.15, 0.2) is 63.7 Å². The second-order valence-corrected chi connectivity index (χ2v) is 5.73. The summed E-state index contributed by atoms with van der Waals surface area (Å²) >= 11 is 7.74. The lowest BCUT2D eigenvalue weighted by Crippen LogP contribution is -2.09. The molecule has 0 aliphatic rings. The van der Waals surface area contributed by atoms with E-state index in [1.807, 2.05) is 30.3 Å². The largest absolute Gasteiger partial charge is 0.372 e. The van der Waals surface area contributed by atoms with Gasteiger partial charge in [-0.25, -0.2) is 4.39 Å². The van der Waals surface area contributed by atoms with Crippen molar-refractivity contribution < 1.29 is 9.18 Å². The quantitative estimate of drug-likeness (QED) is 0.238. The first-order chi connectivity index (χ1) is 11.5. The van der Waals surface area contributed by atoms with E-state index >= 15 is 0 Å². The standard InChI is InChI=1S/C16H14BrFN2S.CH3NO/c17-14-5-3-12(4-6-14)16(20-19)13(10-21)9-11-1-7-15(18)8-2-11;2-1-3/h1-9,21H,10,19H2;1H,(H2,2,3)/b13-9+,20-16-;. The molecule has 0 atom stereocenters. The van der Waals surface area contributed by atoms with Gasteiger partial charge >= 0.3 is 0 Å². The zero-order valence-electron chi connectivity index (χ0n) is 12.7. The lowest BCUT2D eigenvalue weighted by Gasteiger charge is -2.09. The molecule has 0 radical (unpaired) electrons. The number of nitrogens with zero attached hydrogens (tertiary/aromatic N) is 1. The van der Waals surface area contributed by atoms with Crippen molar-refractivity contribution in [2.24, 2.45) is 16.7 Å². The molecule has 2 rings (SSSR count). The van der Waals surface area contributed by atoms with Crippen LogP contribution >= 0.6 is 28.6 Å². The molecule has 0 fully saturated rings. The molecule has 0 aliphatic heterocycles. The highest BCUT2D eigenvalue weighted by atomic mass is 79.9. The summed E-state index contributed by atoms with van der Waals surface area (Å²) in [5, 5.41) is 3.88. The maximum atomic E-state index is 12.9. The molecular weight excluding hydrogens is 393 g/mol. The fourth-order valence-corrected chi connectivity index (χ4v) is 2.41. The fraction of sp³-hybridized carbons (Fsp3) is 0.0588. The first-order valence-corrected chi connectivity index (χ1v) is 8.24. The van der Waals surface area contributed by atoms with Gasteiger partial charge in [-0.2, -0.15) is 17.7 Å². The van der Waals surface area contributed by atoms with Crippen molar-refractivity contribution in [2.75, 3.05) is 5.75 Å². The van der Waals surface area contributed by atoms with Gasteiger partial charge in [-0.05, 0) is 41.5 Å². The number of rotatable bonds is 4. The molecule has 24 heavy (non-hydrogen) atoms. The van der Waals surface area contributed by atoms with E-state index in [1.54, 1.807) is 12.1 Å². The van der Waals surface area contributed by atoms with Gasteiger partial charge in [-0.3, -0.25) is 4.79 Å². The number of thiol groups is 1. The Morgan fingerprint density at radius 2 is 1.71 bits per heavy atom. The number of nitrogens with two attached hydrogens (primary N) is 2. The van der Waals surface area contributed by atoms with Crippen LogP contribution in [0.2, 0.25) is 0 Å². The van der Waals surface area contributed by atoms with Crippen molar-refractivity contribution >= 4 is 46.8 Å². The number of primary amides is 1. The summed E-state index contributed by atoms with van der Waals surface area (Å²) in [5.74, 6) is 5.75. The van der Waals surface area contributed by atoms with Crippen LogP contribution in [0.25, 0.3) is 6.08 Å². The van der Waals surface area contributed by atoms with Gasteiger partial charge in [-0.15, -0.1) is 0 Å². The molecule has 2 aromatic carbocycles. The van der Waals surface area contributed by atoms with E-state index in [4.69, 9.17) is 10.6 Å².